The number of ketones is 1. The van der Waals surface area contributed by atoms with E-state index in [2.05, 4.69) is 0 Å². The molecule has 0 fully saturated rings. The summed E-state index contributed by atoms with van der Waals surface area (Å²) in [5, 5.41) is 0. The molecule has 0 aliphatic carbocycles. The molecule has 0 radical (unpaired) electrons. The van der Waals surface area contributed by atoms with E-state index in [0.29, 0.717) is 25.1 Å². The molecular weight excluding hydrogens is 500 g/mol. The van der Waals surface area contributed by atoms with E-state index < -0.39 is 27.6 Å². The summed E-state index contributed by atoms with van der Waals surface area (Å²) in [6, 6.07) is 23.9. The maximum atomic E-state index is 13.7. The predicted molar refractivity (Wildman–Crippen MR) is 149 cm³/mol. The molecule has 0 saturated heterocycles. The molecule has 0 bridgehead atoms. The topological polar surface area (TPSA) is 130 Å². The van der Waals surface area contributed by atoms with Crippen LogP contribution in [0, 0.1) is 11.8 Å². The minimum Gasteiger partial charge on any atom is -0.469 e. The molecule has 0 spiro atoms. The number of methoxy groups -OCH3 is 1. The van der Waals surface area contributed by atoms with E-state index in [4.69, 9.17) is 16.2 Å². The van der Waals surface area contributed by atoms with Crippen LogP contribution in [0.15, 0.2) is 78.9 Å². The summed E-state index contributed by atoms with van der Waals surface area (Å²) in [6.07, 6.45) is 0.400. The van der Waals surface area contributed by atoms with Crippen LogP contribution < -0.4 is 11.5 Å². The van der Waals surface area contributed by atoms with Gasteiger partial charge in [-0.05, 0) is 40.7 Å². The Morgan fingerprint density at radius 3 is 1.76 bits per heavy atom. The summed E-state index contributed by atoms with van der Waals surface area (Å²) in [6.45, 7) is 0.698. The van der Waals surface area contributed by atoms with Gasteiger partial charge in [0.25, 0.3) is 0 Å². The molecule has 8 heteroatoms. The van der Waals surface area contributed by atoms with E-state index in [1.165, 1.54) is 7.11 Å². The number of nitrogens with two attached hydrogens (primary N) is 2. The third kappa shape index (κ3) is 8.90. The van der Waals surface area contributed by atoms with Gasteiger partial charge >= 0.3 is 5.97 Å². The van der Waals surface area contributed by atoms with Crippen LogP contribution in [0.25, 0.3) is 0 Å². The van der Waals surface area contributed by atoms with Crippen molar-refractivity contribution in [3.05, 3.63) is 107 Å². The van der Waals surface area contributed by atoms with Crippen molar-refractivity contribution in [2.45, 2.75) is 38.1 Å². The van der Waals surface area contributed by atoms with Crippen LogP contribution in [0.3, 0.4) is 0 Å². The van der Waals surface area contributed by atoms with Crippen LogP contribution in [-0.4, -0.2) is 33.0 Å². The van der Waals surface area contributed by atoms with Crippen LogP contribution in [0.1, 0.15) is 34.2 Å². The zero-order chi connectivity index (χ0) is 27.5. The Labute approximate surface area is 225 Å². The van der Waals surface area contributed by atoms with Gasteiger partial charge in [-0.2, -0.15) is 0 Å². The second kappa shape index (κ2) is 14.0. The molecule has 0 heterocycles. The molecule has 0 aliphatic heterocycles. The number of carbonyl (C=O) groups excluding carboxylic acids is 2. The second-order valence-corrected chi connectivity index (χ2v) is 11.7. The lowest BCUT2D eigenvalue weighted by molar-refractivity contribution is -0.147. The van der Waals surface area contributed by atoms with E-state index >= 15 is 0 Å². The van der Waals surface area contributed by atoms with Gasteiger partial charge in [-0.15, -0.1) is 0 Å². The summed E-state index contributed by atoms with van der Waals surface area (Å²) < 4.78 is 31.4. The zero-order valence-electron chi connectivity index (χ0n) is 21.7. The van der Waals surface area contributed by atoms with E-state index in [-0.39, 0.29) is 30.1 Å². The Bertz CT molecular complexity index is 1330. The molecule has 0 aromatic heterocycles. The van der Waals surface area contributed by atoms with Gasteiger partial charge in [-0.25, -0.2) is 8.42 Å². The molecule has 2 atom stereocenters. The van der Waals surface area contributed by atoms with Gasteiger partial charge in [0.2, 0.25) is 0 Å². The molecule has 3 aromatic carbocycles. The molecular formula is C30H36N2O5S. The van der Waals surface area contributed by atoms with E-state index in [0.717, 1.165) is 22.3 Å². The number of sulfone groups is 1. The van der Waals surface area contributed by atoms with Crippen molar-refractivity contribution in [2.24, 2.45) is 23.3 Å². The van der Waals surface area contributed by atoms with Crippen LogP contribution in [0.4, 0.5) is 0 Å². The third-order valence-corrected chi connectivity index (χ3v) is 8.22. The highest BCUT2D eigenvalue weighted by atomic mass is 32.2. The normalized spacial score (nSPS) is 13.0. The number of benzene rings is 3. The SMILES string of the molecule is COC(=O)[C@@H](CC(=O)[C@@H](Cc1cccc(CN)c1)CS(=O)(=O)Cc1ccccc1)Cc1cccc(CN)c1. The van der Waals surface area contributed by atoms with Crippen molar-refractivity contribution in [3.8, 4) is 0 Å². The van der Waals surface area contributed by atoms with Crippen molar-refractivity contribution < 1.29 is 22.7 Å². The summed E-state index contributed by atoms with van der Waals surface area (Å²) >= 11 is 0. The first-order valence-electron chi connectivity index (χ1n) is 12.6. The molecule has 4 N–H and O–H groups in total. The van der Waals surface area contributed by atoms with E-state index in [9.17, 15) is 18.0 Å². The van der Waals surface area contributed by atoms with Gasteiger partial charge in [-0.1, -0.05) is 78.9 Å². The number of hydrogen-bond acceptors (Lipinski definition) is 7. The minimum atomic E-state index is -3.62. The van der Waals surface area contributed by atoms with Gasteiger partial charge in [0.05, 0.1) is 24.5 Å². The van der Waals surface area contributed by atoms with Crippen molar-refractivity contribution in [1.82, 2.24) is 0 Å². The molecule has 0 unspecified atom stereocenters. The maximum absolute atomic E-state index is 13.7. The molecule has 0 amide bonds. The minimum absolute atomic E-state index is 0.123. The molecule has 202 valence electrons. The predicted octanol–water partition coefficient (Wildman–Crippen LogP) is 3.37. The Balaban J connectivity index is 1.85. The van der Waals surface area contributed by atoms with Crippen molar-refractivity contribution in [2.75, 3.05) is 12.9 Å². The number of hydrogen-bond donors (Lipinski definition) is 2. The lowest BCUT2D eigenvalue weighted by Gasteiger charge is -2.20. The highest BCUT2D eigenvalue weighted by molar-refractivity contribution is 7.90. The molecule has 3 rings (SSSR count). The highest BCUT2D eigenvalue weighted by Crippen LogP contribution is 2.23. The lowest BCUT2D eigenvalue weighted by atomic mass is 9.87. The Hall–Kier alpha value is -3.33. The quantitative estimate of drug-likeness (QED) is 0.302. The number of carbonyl (C=O) groups is 2. The van der Waals surface area contributed by atoms with Crippen LogP contribution >= 0.6 is 0 Å². The molecule has 3 aromatic rings. The summed E-state index contributed by atoms with van der Waals surface area (Å²) in [4.78, 5) is 26.3. The largest absolute Gasteiger partial charge is 0.469 e. The third-order valence-electron chi connectivity index (χ3n) is 6.54. The Morgan fingerprint density at radius 1 is 0.737 bits per heavy atom. The Morgan fingerprint density at radius 2 is 1.24 bits per heavy atom. The first-order chi connectivity index (χ1) is 18.2. The number of Topliss-reactive ketones (excluding diaryl/α,β-unsaturated/α-hetero) is 1. The molecule has 7 nitrogen and oxygen atoms in total. The highest BCUT2D eigenvalue weighted by Gasteiger charge is 2.31. The molecule has 0 saturated carbocycles. The van der Waals surface area contributed by atoms with Gasteiger partial charge in [0, 0.05) is 25.4 Å². The first kappa shape index (κ1) is 29.2. The zero-order valence-corrected chi connectivity index (χ0v) is 22.5. The van der Waals surface area contributed by atoms with Gasteiger partial charge < -0.3 is 16.2 Å². The fourth-order valence-electron chi connectivity index (χ4n) is 4.61. The van der Waals surface area contributed by atoms with Crippen molar-refractivity contribution in [1.29, 1.82) is 0 Å². The number of esters is 1. The van der Waals surface area contributed by atoms with Gasteiger partial charge in [0.1, 0.15) is 5.78 Å². The second-order valence-electron chi connectivity index (χ2n) is 9.58. The van der Waals surface area contributed by atoms with E-state index in [1.54, 1.807) is 24.3 Å². The summed E-state index contributed by atoms with van der Waals surface area (Å²) in [5.74, 6) is -2.83. The van der Waals surface area contributed by atoms with E-state index in [1.807, 2.05) is 54.6 Å². The fourth-order valence-corrected chi connectivity index (χ4v) is 6.35. The maximum Gasteiger partial charge on any atom is 0.309 e. The average Bonchev–Trinajstić information content (AvgIpc) is 2.92. The summed E-state index contributed by atoms with van der Waals surface area (Å²) in [5.41, 5.74) is 15.7. The fraction of sp³-hybridized carbons (Fsp3) is 0.333. The number of rotatable bonds is 14. The Kier molecular flexibility index (Phi) is 10.8. The van der Waals surface area contributed by atoms with Gasteiger partial charge in [0.15, 0.2) is 9.84 Å². The molecule has 38 heavy (non-hydrogen) atoms. The standard InChI is InChI=1S/C30H36N2O5S/c1-37-30(34)27(15-23-9-5-11-25(13-23)18-31)17-29(33)28(16-24-10-6-12-26(14-24)19-32)21-38(35,36)20-22-7-3-2-4-8-22/h2-14,27-28H,15-21,31-32H2,1H3/t27-,28+/m1/s1. The first-order valence-corrected chi connectivity index (χ1v) is 14.5. The van der Waals surface area contributed by atoms with Crippen LogP contribution in [-0.2, 0) is 55.8 Å². The van der Waals surface area contributed by atoms with Crippen molar-refractivity contribution >= 4 is 21.6 Å². The monoisotopic (exact) mass is 536 g/mol. The molecule has 0 aliphatic rings. The van der Waals surface area contributed by atoms with Crippen LogP contribution in [0.5, 0.6) is 0 Å². The van der Waals surface area contributed by atoms with Crippen LogP contribution in [0.2, 0.25) is 0 Å². The smallest absolute Gasteiger partial charge is 0.309 e. The lowest BCUT2D eigenvalue weighted by Crippen LogP contribution is -2.31. The average molecular weight is 537 g/mol. The summed E-state index contributed by atoms with van der Waals surface area (Å²) in [7, 11) is -2.33. The van der Waals surface area contributed by atoms with Gasteiger partial charge in [-0.3, -0.25) is 9.59 Å². The number of ether oxygens (including phenoxy) is 1. The van der Waals surface area contributed by atoms with Crippen molar-refractivity contribution in [3.63, 3.8) is 0 Å².